The van der Waals surface area contributed by atoms with Crippen LogP contribution in [0.4, 0.5) is 4.39 Å². The zero-order valence-corrected chi connectivity index (χ0v) is 28.1. The van der Waals surface area contributed by atoms with Crippen LogP contribution in [0.1, 0.15) is 103 Å². The van der Waals surface area contributed by atoms with Gasteiger partial charge in [0.05, 0.1) is 11.6 Å². The highest BCUT2D eigenvalue weighted by atomic mass is 79.9. The number of hydrogen-bond acceptors (Lipinski definition) is 5. The molecule has 0 atom stereocenters. The Kier molecular flexibility index (Phi) is 8.32. The molecule has 1 aliphatic heterocycles. The summed E-state index contributed by atoms with van der Waals surface area (Å²) < 4.78 is 26.1. The minimum Gasteiger partial charge on any atom is -0.493 e. The fraction of sp³-hybridized carbons (Fsp3) is 0.514. The molecule has 44 heavy (non-hydrogen) atoms. The van der Waals surface area contributed by atoms with E-state index in [9.17, 15) is 14.0 Å². The molecule has 0 amide bonds. The molecule has 0 N–H and O–H groups in total. The summed E-state index contributed by atoms with van der Waals surface area (Å²) in [6.07, 6.45) is 8.29. The van der Waals surface area contributed by atoms with Crippen molar-refractivity contribution in [3.8, 4) is 11.5 Å². The molecule has 0 saturated heterocycles. The molecule has 0 radical (unpaired) electrons. The van der Waals surface area contributed by atoms with Crippen LogP contribution in [0.3, 0.4) is 0 Å². The predicted octanol–water partition coefficient (Wildman–Crippen LogP) is 9.19. The number of hydrogen-bond donors (Lipinski definition) is 0. The Morgan fingerprint density at radius 1 is 0.864 bits per heavy atom. The van der Waals surface area contributed by atoms with Crippen LogP contribution in [0.2, 0.25) is 0 Å². The van der Waals surface area contributed by atoms with E-state index < -0.39 is 5.92 Å². The maximum absolute atomic E-state index is 14.2. The van der Waals surface area contributed by atoms with E-state index in [4.69, 9.17) is 9.47 Å². The second-order valence-electron chi connectivity index (χ2n) is 14.6. The maximum Gasteiger partial charge on any atom is 0.175 e. The van der Waals surface area contributed by atoms with E-state index in [-0.39, 0.29) is 34.8 Å². The lowest BCUT2D eigenvalue weighted by Gasteiger charge is -2.52. The minimum absolute atomic E-state index is 0.137. The SMILES string of the molecule is COc1cc(C2C3=C(CC(C)(C)CC3=O)N(C3CCCCC3)C3=C2C(=O)CC(C)(C)C3)cc(Br)c1OCc1ccc(F)cc1. The van der Waals surface area contributed by atoms with Crippen molar-refractivity contribution in [1.82, 2.24) is 4.90 Å². The molecule has 0 unspecified atom stereocenters. The van der Waals surface area contributed by atoms with Gasteiger partial charge in [-0.15, -0.1) is 0 Å². The number of Topliss-reactive ketones (excluding diaryl/α,β-unsaturated/α-hetero) is 2. The predicted molar refractivity (Wildman–Crippen MR) is 173 cm³/mol. The number of benzene rings is 2. The highest BCUT2D eigenvalue weighted by Gasteiger charge is 2.50. The fourth-order valence-electron chi connectivity index (χ4n) is 7.89. The Morgan fingerprint density at radius 3 is 1.98 bits per heavy atom. The van der Waals surface area contributed by atoms with E-state index in [2.05, 4.69) is 48.5 Å². The number of carbonyl (C=O) groups excluding carboxylic acids is 2. The van der Waals surface area contributed by atoms with Gasteiger partial charge in [0.1, 0.15) is 12.4 Å². The Bertz CT molecular complexity index is 1490. The van der Waals surface area contributed by atoms with Crippen LogP contribution in [0, 0.1) is 16.6 Å². The summed E-state index contributed by atoms with van der Waals surface area (Å²) in [5.41, 5.74) is 5.19. The third-order valence-electron chi connectivity index (χ3n) is 9.77. The fourth-order valence-corrected chi connectivity index (χ4v) is 8.47. The van der Waals surface area contributed by atoms with Gasteiger partial charge in [-0.25, -0.2) is 4.39 Å². The first-order chi connectivity index (χ1) is 20.9. The third-order valence-corrected chi connectivity index (χ3v) is 10.4. The lowest BCUT2D eigenvalue weighted by atomic mass is 9.63. The molecular weight excluding hydrogens is 621 g/mol. The highest BCUT2D eigenvalue weighted by molar-refractivity contribution is 9.10. The van der Waals surface area contributed by atoms with Gasteiger partial charge in [-0.1, -0.05) is 59.1 Å². The van der Waals surface area contributed by atoms with Crippen LogP contribution in [-0.4, -0.2) is 29.6 Å². The monoisotopic (exact) mass is 663 g/mol. The van der Waals surface area contributed by atoms with Crippen molar-refractivity contribution in [2.45, 2.75) is 104 Å². The summed E-state index contributed by atoms with van der Waals surface area (Å²) >= 11 is 3.73. The maximum atomic E-state index is 14.2. The van der Waals surface area contributed by atoms with Gasteiger partial charge in [0.2, 0.25) is 0 Å². The number of ketones is 2. The third kappa shape index (κ3) is 5.89. The van der Waals surface area contributed by atoms with E-state index >= 15 is 0 Å². The largest absolute Gasteiger partial charge is 0.493 e. The highest BCUT2D eigenvalue weighted by Crippen LogP contribution is 2.56. The van der Waals surface area contributed by atoms with Crippen LogP contribution < -0.4 is 9.47 Å². The van der Waals surface area contributed by atoms with Gasteiger partial charge in [0.25, 0.3) is 0 Å². The van der Waals surface area contributed by atoms with Crippen molar-refractivity contribution < 1.29 is 23.5 Å². The van der Waals surface area contributed by atoms with E-state index in [1.807, 2.05) is 12.1 Å². The van der Waals surface area contributed by atoms with Crippen molar-refractivity contribution >= 4 is 27.5 Å². The lowest BCUT2D eigenvalue weighted by Crippen LogP contribution is -2.48. The Morgan fingerprint density at radius 2 is 1.43 bits per heavy atom. The average Bonchev–Trinajstić information content (AvgIpc) is 2.95. The smallest absolute Gasteiger partial charge is 0.175 e. The molecular formula is C37H43BrFNO4. The normalized spacial score (nSPS) is 22.2. The van der Waals surface area contributed by atoms with Crippen LogP contribution in [-0.2, 0) is 16.2 Å². The summed E-state index contributed by atoms with van der Waals surface area (Å²) in [4.78, 5) is 31.0. The van der Waals surface area contributed by atoms with E-state index in [1.54, 1.807) is 19.2 Å². The topological polar surface area (TPSA) is 55.8 Å². The Hall–Kier alpha value is -2.93. The van der Waals surface area contributed by atoms with Crippen molar-refractivity contribution in [2.24, 2.45) is 10.8 Å². The standard InChI is InChI=1S/C37H43BrFNO4/c1-36(2)17-27-33(29(41)19-36)32(34-28(18-37(3,4)20-30(34)42)40(27)25-9-7-6-8-10-25)23-15-26(38)35(31(16-23)43-5)44-21-22-11-13-24(39)14-12-22/h11-16,25,32H,6-10,17-21H2,1-5H3. The van der Waals surface area contributed by atoms with Gasteiger partial charge in [0.15, 0.2) is 23.1 Å². The van der Waals surface area contributed by atoms with Crippen molar-refractivity contribution in [3.63, 3.8) is 0 Å². The van der Waals surface area contributed by atoms with Crippen LogP contribution in [0.25, 0.3) is 0 Å². The molecule has 1 fully saturated rings. The Balaban J connectivity index is 1.50. The van der Waals surface area contributed by atoms with Gasteiger partial charge in [-0.2, -0.15) is 0 Å². The number of halogens is 2. The Labute approximate surface area is 269 Å². The number of nitrogens with zero attached hydrogens (tertiary/aromatic N) is 1. The molecule has 5 nitrogen and oxygen atoms in total. The average molecular weight is 665 g/mol. The van der Waals surface area contributed by atoms with Gasteiger partial charge >= 0.3 is 0 Å². The van der Waals surface area contributed by atoms with Gasteiger partial charge in [-0.05, 0) is 87.8 Å². The zero-order chi connectivity index (χ0) is 31.4. The van der Waals surface area contributed by atoms with E-state index in [0.29, 0.717) is 34.9 Å². The van der Waals surface area contributed by atoms with E-state index in [1.165, 1.54) is 31.4 Å². The number of allylic oxidation sites excluding steroid dienone is 4. The lowest BCUT2D eigenvalue weighted by molar-refractivity contribution is -0.119. The first-order valence-corrected chi connectivity index (χ1v) is 16.7. The summed E-state index contributed by atoms with van der Waals surface area (Å²) in [5.74, 6) is 0.563. The molecule has 6 rings (SSSR count). The second-order valence-corrected chi connectivity index (χ2v) is 15.5. The van der Waals surface area contributed by atoms with Crippen molar-refractivity contribution in [1.29, 1.82) is 0 Å². The van der Waals surface area contributed by atoms with Gasteiger partial charge in [-0.3, -0.25) is 9.59 Å². The molecule has 2 aromatic carbocycles. The minimum atomic E-state index is -0.455. The number of rotatable bonds is 6. The second kappa shape index (κ2) is 11.8. The summed E-state index contributed by atoms with van der Waals surface area (Å²) in [5, 5.41) is 0. The number of methoxy groups -OCH3 is 1. The zero-order valence-electron chi connectivity index (χ0n) is 26.5. The molecule has 7 heteroatoms. The molecule has 0 aromatic heterocycles. The molecule has 1 heterocycles. The first-order valence-electron chi connectivity index (χ1n) is 15.9. The molecule has 3 aliphatic carbocycles. The quantitative estimate of drug-likeness (QED) is 0.308. The van der Waals surface area contributed by atoms with Crippen LogP contribution in [0.15, 0.2) is 63.4 Å². The number of ether oxygens (including phenoxy) is 2. The summed E-state index contributed by atoms with van der Waals surface area (Å²) in [6, 6.07) is 10.4. The van der Waals surface area contributed by atoms with Gasteiger partial charge < -0.3 is 14.4 Å². The summed E-state index contributed by atoms with van der Waals surface area (Å²) in [6.45, 7) is 9.00. The number of carbonyl (C=O) groups is 2. The van der Waals surface area contributed by atoms with Gasteiger partial charge in [0, 0.05) is 47.3 Å². The first kappa shape index (κ1) is 31.1. The van der Waals surface area contributed by atoms with Crippen molar-refractivity contribution in [2.75, 3.05) is 7.11 Å². The van der Waals surface area contributed by atoms with E-state index in [0.717, 1.165) is 59.4 Å². The van der Waals surface area contributed by atoms with Crippen LogP contribution in [0.5, 0.6) is 11.5 Å². The molecule has 4 aliphatic rings. The summed E-state index contributed by atoms with van der Waals surface area (Å²) in [7, 11) is 1.60. The molecule has 0 bridgehead atoms. The van der Waals surface area contributed by atoms with Crippen molar-refractivity contribution in [3.05, 3.63) is 80.4 Å². The molecule has 0 spiro atoms. The molecule has 1 saturated carbocycles. The van der Waals surface area contributed by atoms with Crippen LogP contribution >= 0.6 is 15.9 Å². The molecule has 234 valence electrons. The molecule has 2 aromatic rings.